The number of benzene rings is 1. The summed E-state index contributed by atoms with van der Waals surface area (Å²) in [5.74, 6) is 1.24. The summed E-state index contributed by atoms with van der Waals surface area (Å²) >= 11 is 0. The van der Waals surface area contributed by atoms with Crippen LogP contribution in [-0.4, -0.2) is 53.8 Å². The summed E-state index contributed by atoms with van der Waals surface area (Å²) in [4.78, 5) is 7.84. The van der Waals surface area contributed by atoms with Gasteiger partial charge in [0.05, 0.1) is 16.8 Å². The largest absolute Gasteiger partial charge is 0.340 e. The van der Waals surface area contributed by atoms with E-state index in [0.29, 0.717) is 10.8 Å². The van der Waals surface area contributed by atoms with E-state index in [0.717, 1.165) is 47.9 Å². The normalized spacial score (nSPS) is 17.8. The van der Waals surface area contributed by atoms with Gasteiger partial charge in [-0.3, -0.25) is 0 Å². The number of hydrogen-bond donors (Lipinski definition) is 1. The second-order valence-electron chi connectivity index (χ2n) is 8.54. The maximum Gasteiger partial charge on any atom is 0.175 e. The number of aryl methyl sites for hydroxylation is 1. The van der Waals surface area contributed by atoms with E-state index in [-0.39, 0.29) is 0 Å². The summed E-state index contributed by atoms with van der Waals surface area (Å²) in [6.45, 7) is 7.62. The molecule has 1 aliphatic heterocycles. The second kappa shape index (κ2) is 8.96. The lowest BCUT2D eigenvalue weighted by Gasteiger charge is -2.32. The van der Waals surface area contributed by atoms with E-state index in [1.54, 1.807) is 24.3 Å². The third kappa shape index (κ3) is 4.91. The Morgan fingerprint density at radius 1 is 1.23 bits per heavy atom. The van der Waals surface area contributed by atoms with E-state index < -0.39 is 9.84 Å². The van der Waals surface area contributed by atoms with Crippen molar-refractivity contribution in [1.82, 2.24) is 19.5 Å². The van der Waals surface area contributed by atoms with E-state index in [1.165, 1.54) is 32.1 Å². The molecule has 3 heterocycles. The number of nitrogens with zero attached hydrogens (tertiary/aromatic N) is 4. The number of hydrogen-bond acceptors (Lipinski definition) is 6. The molecule has 0 radical (unpaired) electrons. The molecule has 1 N–H and O–H groups in total. The van der Waals surface area contributed by atoms with Crippen molar-refractivity contribution in [2.45, 2.75) is 50.3 Å². The number of nitrogens with one attached hydrogen (secondary N) is 1. The molecule has 1 aromatic carbocycles. The summed E-state index contributed by atoms with van der Waals surface area (Å²) in [5, 5.41) is 7.91. The number of sulfone groups is 1. The molecule has 8 heteroatoms. The molecule has 0 saturated carbocycles. The van der Waals surface area contributed by atoms with Gasteiger partial charge in [-0.15, -0.1) is 0 Å². The molecular weight excluding hydrogens is 410 g/mol. The van der Waals surface area contributed by atoms with Gasteiger partial charge in [0, 0.05) is 36.0 Å². The minimum absolute atomic E-state index is 0.308. The first-order valence-corrected chi connectivity index (χ1v) is 12.9. The molecule has 7 nitrogen and oxygen atoms in total. The van der Waals surface area contributed by atoms with Crippen molar-refractivity contribution in [3.63, 3.8) is 0 Å². The molecular formula is C23H31N5O2S. The van der Waals surface area contributed by atoms with Crippen LogP contribution in [0, 0.1) is 6.92 Å². The van der Waals surface area contributed by atoms with Crippen LogP contribution in [0.3, 0.4) is 0 Å². The third-order valence-corrected chi connectivity index (χ3v) is 7.10. The van der Waals surface area contributed by atoms with Gasteiger partial charge < -0.3 is 10.2 Å². The molecule has 2 aromatic heterocycles. The Kier molecular flexibility index (Phi) is 6.29. The Bertz CT molecular complexity index is 1150. The second-order valence-corrected chi connectivity index (χ2v) is 10.6. The van der Waals surface area contributed by atoms with E-state index in [1.807, 2.05) is 17.6 Å². The molecule has 0 amide bonds. The molecule has 3 aromatic rings. The molecule has 31 heavy (non-hydrogen) atoms. The zero-order valence-electron chi connectivity index (χ0n) is 18.5. The van der Waals surface area contributed by atoms with Crippen LogP contribution in [0.15, 0.2) is 41.4 Å². The van der Waals surface area contributed by atoms with Crippen molar-refractivity contribution in [1.29, 1.82) is 0 Å². The van der Waals surface area contributed by atoms with Gasteiger partial charge in [0.2, 0.25) is 0 Å². The molecule has 0 spiro atoms. The van der Waals surface area contributed by atoms with Crippen molar-refractivity contribution in [2.24, 2.45) is 0 Å². The smallest absolute Gasteiger partial charge is 0.175 e. The molecule has 0 bridgehead atoms. The molecule has 4 rings (SSSR count). The fraction of sp³-hybridized carbons (Fsp3) is 0.478. The molecule has 1 fully saturated rings. The van der Waals surface area contributed by atoms with Gasteiger partial charge in [0.15, 0.2) is 15.5 Å². The Morgan fingerprint density at radius 2 is 2.00 bits per heavy atom. The minimum Gasteiger partial charge on any atom is -0.340 e. The van der Waals surface area contributed by atoms with Crippen LogP contribution in [-0.2, 0) is 9.84 Å². The summed E-state index contributed by atoms with van der Waals surface area (Å²) in [6.07, 6.45) is 7.83. The van der Waals surface area contributed by atoms with Crippen LogP contribution < -0.4 is 5.32 Å². The van der Waals surface area contributed by atoms with Crippen LogP contribution in [0.2, 0.25) is 0 Å². The van der Waals surface area contributed by atoms with E-state index >= 15 is 0 Å². The van der Waals surface area contributed by atoms with E-state index in [9.17, 15) is 8.42 Å². The summed E-state index contributed by atoms with van der Waals surface area (Å²) in [5.41, 5.74) is 3.80. The van der Waals surface area contributed by atoms with Crippen LogP contribution in [0.25, 0.3) is 5.65 Å². The lowest BCUT2D eigenvalue weighted by atomic mass is 9.94. The summed E-state index contributed by atoms with van der Waals surface area (Å²) < 4.78 is 25.3. The first-order valence-electron chi connectivity index (χ1n) is 11.0. The van der Waals surface area contributed by atoms with Crippen LogP contribution in [0.4, 0.5) is 11.5 Å². The van der Waals surface area contributed by atoms with Gasteiger partial charge in [0.25, 0.3) is 0 Å². The van der Waals surface area contributed by atoms with Gasteiger partial charge in [-0.25, -0.2) is 13.4 Å². The Hall–Kier alpha value is -2.45. The van der Waals surface area contributed by atoms with Crippen molar-refractivity contribution in [3.05, 3.63) is 47.8 Å². The first kappa shape index (κ1) is 21.8. The average Bonchev–Trinajstić information content (AvgIpc) is 3.13. The van der Waals surface area contributed by atoms with Crippen molar-refractivity contribution in [2.75, 3.05) is 31.2 Å². The minimum atomic E-state index is -3.22. The predicted molar refractivity (Wildman–Crippen MR) is 124 cm³/mol. The highest BCUT2D eigenvalue weighted by atomic mass is 32.2. The predicted octanol–water partition coefficient (Wildman–Crippen LogP) is 4.16. The molecule has 1 unspecified atom stereocenters. The number of rotatable bonds is 7. The van der Waals surface area contributed by atoms with E-state index in [2.05, 4.69) is 28.3 Å². The maximum atomic E-state index is 11.7. The van der Waals surface area contributed by atoms with Crippen LogP contribution >= 0.6 is 0 Å². The van der Waals surface area contributed by atoms with Crippen molar-refractivity contribution >= 4 is 27.0 Å². The zero-order valence-corrected chi connectivity index (χ0v) is 19.3. The summed E-state index contributed by atoms with van der Waals surface area (Å²) in [6, 6.07) is 8.91. The van der Waals surface area contributed by atoms with Crippen LogP contribution in [0.5, 0.6) is 0 Å². The number of likely N-dealkylation sites (tertiary alicyclic amines) is 1. The van der Waals surface area contributed by atoms with E-state index in [4.69, 9.17) is 4.98 Å². The van der Waals surface area contributed by atoms with Gasteiger partial charge in [-0.2, -0.15) is 9.61 Å². The van der Waals surface area contributed by atoms with Gasteiger partial charge in [-0.1, -0.05) is 13.3 Å². The van der Waals surface area contributed by atoms with Crippen molar-refractivity contribution in [3.8, 4) is 0 Å². The zero-order chi connectivity index (χ0) is 22.0. The topological polar surface area (TPSA) is 79.6 Å². The van der Waals surface area contributed by atoms with Crippen LogP contribution in [0.1, 0.15) is 49.8 Å². The lowest BCUT2D eigenvalue weighted by molar-refractivity contribution is 0.203. The van der Waals surface area contributed by atoms with Crippen molar-refractivity contribution < 1.29 is 8.42 Å². The fourth-order valence-corrected chi connectivity index (χ4v) is 4.84. The number of aromatic nitrogens is 3. The Labute approximate surface area is 184 Å². The van der Waals surface area contributed by atoms with Gasteiger partial charge in [0.1, 0.15) is 5.82 Å². The molecule has 1 aliphatic rings. The SMILES string of the molecule is CCCCN1CCCC(c2cc(Nc3ccc(S(C)(=O)=O)cc3)n3ncc(C)c3n2)C1. The number of anilines is 2. The Balaban J connectivity index is 1.64. The maximum absolute atomic E-state index is 11.7. The Morgan fingerprint density at radius 3 is 2.71 bits per heavy atom. The standard InChI is InChI=1S/C23H31N5O2S/c1-4-5-12-27-13-6-7-18(16-27)21-14-22(28-23(26-21)17(2)15-24-28)25-19-8-10-20(11-9-19)31(3,29)30/h8-11,14-15,18,25H,4-7,12-13,16H2,1-3H3. The monoisotopic (exact) mass is 441 g/mol. The quantitative estimate of drug-likeness (QED) is 0.593. The molecule has 166 valence electrons. The highest BCUT2D eigenvalue weighted by Crippen LogP contribution is 2.30. The lowest BCUT2D eigenvalue weighted by Crippen LogP contribution is -2.35. The molecule has 0 aliphatic carbocycles. The fourth-order valence-electron chi connectivity index (χ4n) is 4.20. The molecule has 1 saturated heterocycles. The molecule has 1 atom stereocenters. The highest BCUT2D eigenvalue weighted by Gasteiger charge is 2.24. The third-order valence-electron chi connectivity index (χ3n) is 5.97. The first-order chi connectivity index (χ1) is 14.8. The number of unbranched alkanes of at least 4 members (excludes halogenated alkanes) is 1. The highest BCUT2D eigenvalue weighted by molar-refractivity contribution is 7.90. The average molecular weight is 442 g/mol. The number of fused-ring (bicyclic) bond motifs is 1. The van der Waals surface area contributed by atoms with Gasteiger partial charge >= 0.3 is 0 Å². The summed E-state index contributed by atoms with van der Waals surface area (Å²) in [7, 11) is -3.22. The van der Waals surface area contributed by atoms with Gasteiger partial charge in [-0.05, 0) is 63.5 Å². The number of piperidine rings is 1.